The Morgan fingerprint density at radius 1 is 1.29 bits per heavy atom. The van der Waals surface area contributed by atoms with Crippen molar-refractivity contribution in [2.24, 2.45) is 11.8 Å². The third kappa shape index (κ3) is 4.15. The minimum atomic E-state index is 0.690. The smallest absolute Gasteiger partial charge is 0.0596 e. The molecule has 0 spiro atoms. The van der Waals surface area contributed by atoms with E-state index < -0.39 is 0 Å². The number of rotatable bonds is 7. The van der Waals surface area contributed by atoms with Gasteiger partial charge in [0.15, 0.2) is 0 Å². The summed E-state index contributed by atoms with van der Waals surface area (Å²) < 4.78 is 2.13. The van der Waals surface area contributed by atoms with Gasteiger partial charge in [-0.25, -0.2) is 0 Å². The second-order valence-electron chi connectivity index (χ2n) is 5.06. The predicted octanol–water partition coefficient (Wildman–Crippen LogP) is 2.64. The molecular weight excluding hydrogens is 210 g/mol. The molecule has 0 fully saturated rings. The molecule has 98 valence electrons. The molecule has 0 radical (unpaired) electrons. The maximum atomic E-state index is 4.50. The summed E-state index contributed by atoms with van der Waals surface area (Å²) in [4.78, 5) is 0. The van der Waals surface area contributed by atoms with Crippen LogP contribution in [-0.2, 0) is 13.0 Å². The first-order valence-corrected chi connectivity index (χ1v) is 6.82. The maximum absolute atomic E-state index is 4.50. The summed E-state index contributed by atoms with van der Waals surface area (Å²) >= 11 is 0. The average molecular weight is 237 g/mol. The zero-order valence-corrected chi connectivity index (χ0v) is 12.0. The molecule has 0 saturated carbocycles. The standard InChI is InChI=1S/C14H27N3/c1-6-15-10-12(4)11(3)8-14-9-13(5)16-17(14)7-2/h9,11-12,15H,6-8,10H2,1-5H3. The average Bonchev–Trinajstić information content (AvgIpc) is 2.66. The molecule has 1 heterocycles. The number of nitrogens with zero attached hydrogens (tertiary/aromatic N) is 2. The van der Waals surface area contributed by atoms with E-state index in [2.05, 4.69) is 55.8 Å². The fraction of sp³-hybridized carbons (Fsp3) is 0.786. The monoisotopic (exact) mass is 237 g/mol. The van der Waals surface area contributed by atoms with Crippen molar-refractivity contribution in [1.29, 1.82) is 0 Å². The molecule has 0 aliphatic heterocycles. The highest BCUT2D eigenvalue weighted by molar-refractivity contribution is 5.09. The number of hydrogen-bond donors (Lipinski definition) is 1. The molecule has 1 aromatic heterocycles. The molecule has 3 nitrogen and oxygen atoms in total. The van der Waals surface area contributed by atoms with Crippen LogP contribution in [0.15, 0.2) is 6.07 Å². The van der Waals surface area contributed by atoms with Crippen LogP contribution in [0.3, 0.4) is 0 Å². The summed E-state index contributed by atoms with van der Waals surface area (Å²) in [5.41, 5.74) is 2.51. The second-order valence-corrected chi connectivity index (χ2v) is 5.06. The molecule has 0 bridgehead atoms. The normalized spacial score (nSPS) is 14.9. The Labute approximate surface area is 106 Å². The summed E-state index contributed by atoms with van der Waals surface area (Å²) in [5, 5.41) is 7.93. The molecule has 1 aromatic rings. The zero-order chi connectivity index (χ0) is 12.8. The van der Waals surface area contributed by atoms with Crippen molar-refractivity contribution in [1.82, 2.24) is 15.1 Å². The topological polar surface area (TPSA) is 29.9 Å². The van der Waals surface area contributed by atoms with Crippen molar-refractivity contribution >= 4 is 0 Å². The van der Waals surface area contributed by atoms with Gasteiger partial charge in [0.1, 0.15) is 0 Å². The molecule has 17 heavy (non-hydrogen) atoms. The maximum Gasteiger partial charge on any atom is 0.0596 e. The quantitative estimate of drug-likeness (QED) is 0.790. The minimum Gasteiger partial charge on any atom is -0.317 e. The lowest BCUT2D eigenvalue weighted by atomic mass is 9.91. The molecule has 2 unspecified atom stereocenters. The number of aryl methyl sites for hydroxylation is 2. The van der Waals surface area contributed by atoms with E-state index in [-0.39, 0.29) is 0 Å². The third-order valence-electron chi connectivity index (χ3n) is 3.50. The lowest BCUT2D eigenvalue weighted by Crippen LogP contribution is -2.26. The molecule has 1 rings (SSSR count). The van der Waals surface area contributed by atoms with Gasteiger partial charge in [0.25, 0.3) is 0 Å². The van der Waals surface area contributed by atoms with E-state index in [4.69, 9.17) is 0 Å². The number of nitrogens with one attached hydrogen (secondary N) is 1. The molecule has 0 aromatic carbocycles. The van der Waals surface area contributed by atoms with Crippen molar-refractivity contribution in [2.75, 3.05) is 13.1 Å². The van der Waals surface area contributed by atoms with E-state index >= 15 is 0 Å². The fourth-order valence-corrected chi connectivity index (χ4v) is 2.14. The predicted molar refractivity (Wildman–Crippen MR) is 73.2 cm³/mol. The number of hydrogen-bond acceptors (Lipinski definition) is 2. The van der Waals surface area contributed by atoms with Crippen LogP contribution >= 0.6 is 0 Å². The van der Waals surface area contributed by atoms with E-state index in [0.717, 1.165) is 31.7 Å². The van der Waals surface area contributed by atoms with Gasteiger partial charge in [-0.3, -0.25) is 4.68 Å². The Balaban J connectivity index is 2.57. The van der Waals surface area contributed by atoms with Crippen LogP contribution in [0.5, 0.6) is 0 Å². The lowest BCUT2D eigenvalue weighted by Gasteiger charge is -2.20. The molecule has 0 aliphatic carbocycles. The fourth-order valence-electron chi connectivity index (χ4n) is 2.14. The molecular formula is C14H27N3. The van der Waals surface area contributed by atoms with Gasteiger partial charge < -0.3 is 5.32 Å². The highest BCUT2D eigenvalue weighted by atomic mass is 15.3. The van der Waals surface area contributed by atoms with Crippen LogP contribution in [0.25, 0.3) is 0 Å². The van der Waals surface area contributed by atoms with Crippen molar-refractivity contribution < 1.29 is 0 Å². The molecule has 0 saturated heterocycles. The van der Waals surface area contributed by atoms with E-state index in [9.17, 15) is 0 Å². The highest BCUT2D eigenvalue weighted by Gasteiger charge is 2.15. The number of aromatic nitrogens is 2. The van der Waals surface area contributed by atoms with E-state index in [1.54, 1.807) is 0 Å². The third-order valence-corrected chi connectivity index (χ3v) is 3.50. The Bertz CT molecular complexity index is 330. The van der Waals surface area contributed by atoms with E-state index in [1.807, 2.05) is 0 Å². The Morgan fingerprint density at radius 3 is 2.59 bits per heavy atom. The van der Waals surface area contributed by atoms with Crippen molar-refractivity contribution in [3.05, 3.63) is 17.5 Å². The van der Waals surface area contributed by atoms with Gasteiger partial charge in [0.2, 0.25) is 0 Å². The van der Waals surface area contributed by atoms with Gasteiger partial charge in [-0.05, 0) is 51.3 Å². The first-order chi connectivity index (χ1) is 8.08. The SMILES string of the molecule is CCNCC(C)C(C)Cc1cc(C)nn1CC. The van der Waals surface area contributed by atoms with Crippen LogP contribution in [0, 0.1) is 18.8 Å². The van der Waals surface area contributed by atoms with Crippen molar-refractivity contribution in [3.63, 3.8) is 0 Å². The Hall–Kier alpha value is -0.830. The van der Waals surface area contributed by atoms with Crippen LogP contribution < -0.4 is 5.32 Å². The van der Waals surface area contributed by atoms with Gasteiger partial charge in [-0.15, -0.1) is 0 Å². The zero-order valence-electron chi connectivity index (χ0n) is 12.0. The van der Waals surface area contributed by atoms with Gasteiger partial charge in [-0.1, -0.05) is 20.8 Å². The van der Waals surface area contributed by atoms with Gasteiger partial charge in [0.05, 0.1) is 5.69 Å². The first kappa shape index (κ1) is 14.2. The van der Waals surface area contributed by atoms with Crippen molar-refractivity contribution in [3.8, 4) is 0 Å². The van der Waals surface area contributed by atoms with E-state index in [0.29, 0.717) is 11.8 Å². The van der Waals surface area contributed by atoms with Crippen LogP contribution in [0.1, 0.15) is 39.1 Å². The van der Waals surface area contributed by atoms with Crippen LogP contribution in [0.2, 0.25) is 0 Å². The Kier molecular flexibility index (Phi) is 5.69. The van der Waals surface area contributed by atoms with E-state index in [1.165, 1.54) is 5.69 Å². The summed E-state index contributed by atoms with van der Waals surface area (Å²) in [6, 6.07) is 2.22. The second kappa shape index (κ2) is 6.80. The summed E-state index contributed by atoms with van der Waals surface area (Å²) in [6.07, 6.45) is 1.13. The molecule has 1 N–H and O–H groups in total. The Morgan fingerprint density at radius 2 is 2.00 bits per heavy atom. The largest absolute Gasteiger partial charge is 0.317 e. The van der Waals surface area contributed by atoms with Crippen molar-refractivity contribution in [2.45, 2.75) is 47.6 Å². The summed E-state index contributed by atoms with van der Waals surface area (Å²) in [7, 11) is 0. The molecule has 0 amide bonds. The summed E-state index contributed by atoms with van der Waals surface area (Å²) in [6.45, 7) is 14.2. The van der Waals surface area contributed by atoms with Crippen LogP contribution in [-0.4, -0.2) is 22.9 Å². The van der Waals surface area contributed by atoms with Gasteiger partial charge in [-0.2, -0.15) is 5.10 Å². The molecule has 0 aliphatic rings. The van der Waals surface area contributed by atoms with Gasteiger partial charge >= 0.3 is 0 Å². The molecule has 3 heteroatoms. The van der Waals surface area contributed by atoms with Crippen LogP contribution in [0.4, 0.5) is 0 Å². The summed E-state index contributed by atoms with van der Waals surface area (Å²) in [5.74, 6) is 1.39. The highest BCUT2D eigenvalue weighted by Crippen LogP contribution is 2.17. The minimum absolute atomic E-state index is 0.690. The van der Waals surface area contributed by atoms with Gasteiger partial charge in [0, 0.05) is 12.2 Å². The lowest BCUT2D eigenvalue weighted by molar-refractivity contribution is 0.360. The molecule has 2 atom stereocenters. The first-order valence-electron chi connectivity index (χ1n) is 6.82.